The number of alkyl carbamates (subject to hydrolysis) is 1. The lowest BCUT2D eigenvalue weighted by Crippen LogP contribution is -2.56. The summed E-state index contributed by atoms with van der Waals surface area (Å²) in [4.78, 5) is 39.0. The van der Waals surface area contributed by atoms with E-state index in [1.165, 1.54) is 0 Å². The number of carboxylic acids is 1. The molecule has 0 saturated carbocycles. The maximum atomic E-state index is 13.3. The number of benzene rings is 2. The summed E-state index contributed by atoms with van der Waals surface area (Å²) in [5.74, 6) is -1.65. The first-order valence-electron chi connectivity index (χ1n) is 11.9. The average Bonchev–Trinajstić information content (AvgIpc) is 3.14. The van der Waals surface area contributed by atoms with Gasteiger partial charge in [-0.1, -0.05) is 62.4 Å². The summed E-state index contributed by atoms with van der Waals surface area (Å²) in [5.41, 5.74) is 4.56. The van der Waals surface area contributed by atoms with Crippen molar-refractivity contribution in [1.29, 1.82) is 0 Å². The highest BCUT2D eigenvalue weighted by molar-refractivity contribution is 5.86. The molecule has 2 amide bonds. The molecule has 1 aliphatic heterocycles. The van der Waals surface area contributed by atoms with Crippen LogP contribution in [0.4, 0.5) is 4.79 Å². The summed E-state index contributed by atoms with van der Waals surface area (Å²) in [6.45, 7) is 6.16. The molecule has 2 aliphatic rings. The Morgan fingerprint density at radius 3 is 2.18 bits per heavy atom. The number of nitrogens with one attached hydrogen (secondary N) is 1. The number of carbonyl (C=O) groups is 3. The quantitative estimate of drug-likeness (QED) is 0.666. The fourth-order valence-electron chi connectivity index (χ4n) is 5.18. The summed E-state index contributed by atoms with van der Waals surface area (Å²) in [5, 5.41) is 12.1. The van der Waals surface area contributed by atoms with Crippen molar-refractivity contribution in [3.8, 4) is 11.1 Å². The van der Waals surface area contributed by atoms with Crippen molar-refractivity contribution >= 4 is 18.0 Å². The number of fused-ring (bicyclic) bond motifs is 3. The minimum atomic E-state index is -0.823. The molecular weight excluding hydrogens is 432 g/mol. The number of ether oxygens (including phenoxy) is 1. The van der Waals surface area contributed by atoms with Crippen LogP contribution >= 0.6 is 0 Å². The normalized spacial score (nSPS) is 20.4. The second-order valence-corrected chi connectivity index (χ2v) is 9.63. The topological polar surface area (TPSA) is 95.9 Å². The van der Waals surface area contributed by atoms with Gasteiger partial charge in [0, 0.05) is 18.5 Å². The number of rotatable bonds is 6. The Hall–Kier alpha value is -3.35. The van der Waals surface area contributed by atoms with Gasteiger partial charge in [0.15, 0.2) is 0 Å². The molecule has 7 heteroatoms. The van der Waals surface area contributed by atoms with E-state index in [9.17, 15) is 19.5 Å². The van der Waals surface area contributed by atoms with Crippen LogP contribution in [0.3, 0.4) is 0 Å². The third kappa shape index (κ3) is 4.65. The van der Waals surface area contributed by atoms with Gasteiger partial charge in [-0.3, -0.25) is 9.59 Å². The lowest BCUT2D eigenvalue weighted by molar-refractivity contribution is -0.148. The van der Waals surface area contributed by atoms with E-state index in [1.807, 2.05) is 45.0 Å². The number of carboxylic acid groups (broad SMARTS) is 1. The van der Waals surface area contributed by atoms with E-state index >= 15 is 0 Å². The standard InChI is InChI=1S/C27H32N2O5/c1-16(2)24(25(30)29-13-12-18(26(31)32)14-17(29)3)28-27(33)34-15-23-21-10-6-4-8-19(21)20-9-5-7-11-22(20)23/h4-11,16-18,23-24H,12-15H2,1-3H3,(H,28,33)(H,31,32)/t17-,18-,24?/m0/s1. The second-order valence-electron chi connectivity index (χ2n) is 9.63. The Morgan fingerprint density at radius 1 is 1.06 bits per heavy atom. The average molecular weight is 465 g/mol. The van der Waals surface area contributed by atoms with Gasteiger partial charge in [0.1, 0.15) is 12.6 Å². The molecule has 0 spiro atoms. The molecule has 1 aliphatic carbocycles. The fourth-order valence-corrected chi connectivity index (χ4v) is 5.18. The summed E-state index contributed by atoms with van der Waals surface area (Å²) < 4.78 is 5.63. The predicted octanol–water partition coefficient (Wildman–Crippen LogP) is 4.26. The molecule has 1 heterocycles. The molecule has 3 atom stereocenters. The van der Waals surface area contributed by atoms with Crippen LogP contribution < -0.4 is 5.32 Å². The van der Waals surface area contributed by atoms with E-state index in [-0.39, 0.29) is 30.4 Å². The highest BCUT2D eigenvalue weighted by Crippen LogP contribution is 2.44. The first-order valence-corrected chi connectivity index (χ1v) is 11.9. The van der Waals surface area contributed by atoms with Crippen LogP contribution in [0.15, 0.2) is 48.5 Å². The molecule has 0 bridgehead atoms. The van der Waals surface area contributed by atoms with E-state index in [4.69, 9.17) is 4.74 Å². The molecule has 34 heavy (non-hydrogen) atoms. The van der Waals surface area contributed by atoms with Crippen molar-refractivity contribution in [3.05, 3.63) is 59.7 Å². The summed E-state index contributed by atoms with van der Waals surface area (Å²) >= 11 is 0. The maximum Gasteiger partial charge on any atom is 0.407 e. The van der Waals surface area contributed by atoms with Gasteiger partial charge < -0.3 is 20.1 Å². The highest BCUT2D eigenvalue weighted by atomic mass is 16.5. The van der Waals surface area contributed by atoms with Gasteiger partial charge in [-0.2, -0.15) is 0 Å². The van der Waals surface area contributed by atoms with Crippen LogP contribution in [0.1, 0.15) is 50.7 Å². The van der Waals surface area contributed by atoms with Gasteiger partial charge in [0.05, 0.1) is 5.92 Å². The summed E-state index contributed by atoms with van der Waals surface area (Å²) in [6, 6.07) is 15.3. The molecule has 180 valence electrons. The SMILES string of the molecule is CC(C)C(NC(=O)OCC1c2ccccc2-c2ccccc21)C(=O)N1CC[C@H](C(=O)O)C[C@@H]1C. The molecule has 1 unspecified atom stereocenters. The number of aliphatic carboxylic acids is 1. The first-order chi connectivity index (χ1) is 16.3. The molecular formula is C27H32N2O5. The minimum absolute atomic E-state index is 0.0542. The molecule has 7 nitrogen and oxygen atoms in total. The van der Waals surface area contributed by atoms with Crippen LogP contribution in [-0.2, 0) is 14.3 Å². The number of piperidine rings is 1. The predicted molar refractivity (Wildman–Crippen MR) is 128 cm³/mol. The highest BCUT2D eigenvalue weighted by Gasteiger charge is 2.37. The monoisotopic (exact) mass is 464 g/mol. The number of nitrogens with zero attached hydrogens (tertiary/aromatic N) is 1. The van der Waals surface area contributed by atoms with E-state index < -0.39 is 24.0 Å². The molecule has 2 N–H and O–H groups in total. The van der Waals surface area contributed by atoms with Crippen molar-refractivity contribution in [2.75, 3.05) is 13.2 Å². The van der Waals surface area contributed by atoms with Crippen molar-refractivity contribution in [1.82, 2.24) is 10.2 Å². The number of amides is 2. The zero-order valence-electron chi connectivity index (χ0n) is 19.9. The Bertz CT molecular complexity index is 1040. The summed E-state index contributed by atoms with van der Waals surface area (Å²) in [7, 11) is 0. The Morgan fingerprint density at radius 2 is 1.65 bits per heavy atom. The van der Waals surface area contributed by atoms with Crippen LogP contribution in [-0.4, -0.2) is 53.2 Å². The Kier molecular flexibility index (Phi) is 6.91. The minimum Gasteiger partial charge on any atom is -0.481 e. The van der Waals surface area contributed by atoms with Gasteiger partial charge in [-0.05, 0) is 47.9 Å². The molecule has 4 rings (SSSR count). The fraction of sp³-hybridized carbons (Fsp3) is 0.444. The van der Waals surface area contributed by atoms with Crippen molar-refractivity contribution in [2.24, 2.45) is 11.8 Å². The van der Waals surface area contributed by atoms with Gasteiger partial charge >= 0.3 is 12.1 Å². The zero-order valence-corrected chi connectivity index (χ0v) is 19.9. The zero-order chi connectivity index (χ0) is 24.4. The molecule has 2 aromatic rings. The van der Waals surface area contributed by atoms with Gasteiger partial charge in [-0.25, -0.2) is 4.79 Å². The number of carbonyl (C=O) groups excluding carboxylic acids is 2. The largest absolute Gasteiger partial charge is 0.481 e. The van der Waals surface area contributed by atoms with Crippen LogP contribution in [0.2, 0.25) is 0 Å². The van der Waals surface area contributed by atoms with Crippen LogP contribution in [0.5, 0.6) is 0 Å². The van der Waals surface area contributed by atoms with Gasteiger partial charge in [-0.15, -0.1) is 0 Å². The van der Waals surface area contributed by atoms with Gasteiger partial charge in [0.25, 0.3) is 0 Å². The third-order valence-corrected chi connectivity index (χ3v) is 7.06. The smallest absolute Gasteiger partial charge is 0.407 e. The number of likely N-dealkylation sites (tertiary alicyclic amines) is 1. The number of hydrogen-bond acceptors (Lipinski definition) is 4. The number of hydrogen-bond donors (Lipinski definition) is 2. The van der Waals surface area contributed by atoms with E-state index in [0.717, 1.165) is 22.3 Å². The van der Waals surface area contributed by atoms with Gasteiger partial charge in [0.2, 0.25) is 5.91 Å². The Balaban J connectivity index is 1.41. The molecule has 1 saturated heterocycles. The van der Waals surface area contributed by atoms with Crippen LogP contribution in [0.25, 0.3) is 11.1 Å². The molecule has 2 aromatic carbocycles. The first kappa shape index (κ1) is 23.8. The molecule has 1 fully saturated rings. The maximum absolute atomic E-state index is 13.3. The van der Waals surface area contributed by atoms with Crippen molar-refractivity contribution in [2.45, 2.75) is 51.6 Å². The summed E-state index contributed by atoms with van der Waals surface area (Å²) in [6.07, 6.45) is 0.208. The molecule has 0 aromatic heterocycles. The third-order valence-electron chi connectivity index (χ3n) is 7.06. The van der Waals surface area contributed by atoms with Crippen LogP contribution in [0, 0.1) is 11.8 Å². The Labute approximate surface area is 200 Å². The van der Waals surface area contributed by atoms with Crippen molar-refractivity contribution < 1.29 is 24.2 Å². The second kappa shape index (κ2) is 9.87. The van der Waals surface area contributed by atoms with E-state index in [0.29, 0.717) is 19.4 Å². The van der Waals surface area contributed by atoms with E-state index in [1.54, 1.807) is 4.90 Å². The molecule has 0 radical (unpaired) electrons. The lowest BCUT2D eigenvalue weighted by Gasteiger charge is -2.39. The van der Waals surface area contributed by atoms with E-state index in [2.05, 4.69) is 29.6 Å². The van der Waals surface area contributed by atoms with Crippen molar-refractivity contribution in [3.63, 3.8) is 0 Å². The lowest BCUT2D eigenvalue weighted by atomic mass is 9.90.